The number of carbonyl (C=O) groups is 1. The molecule has 3 nitrogen and oxygen atoms in total. The van der Waals surface area contributed by atoms with Gasteiger partial charge in [0.1, 0.15) is 0 Å². The molecule has 1 N–H and O–H groups in total. The van der Waals surface area contributed by atoms with Crippen molar-refractivity contribution in [2.45, 2.75) is 45.7 Å². The Kier molecular flexibility index (Phi) is 6.45. The van der Waals surface area contributed by atoms with Crippen molar-refractivity contribution in [2.24, 2.45) is 5.92 Å². The zero-order chi connectivity index (χ0) is 18.4. The molecule has 0 aromatic heterocycles. The van der Waals surface area contributed by atoms with Crippen LogP contribution in [0.2, 0.25) is 0 Å². The van der Waals surface area contributed by atoms with E-state index in [1.54, 1.807) is 0 Å². The van der Waals surface area contributed by atoms with Gasteiger partial charge in [0.25, 0.3) is 5.91 Å². The van der Waals surface area contributed by atoms with E-state index in [1.807, 2.05) is 30.3 Å². The standard InChI is InChI=1S/C23H30N2O/c1-3-22(20-7-5-4-6-8-20)24-23(26)21-11-9-19(10-12-21)17-25-15-13-18(2)14-16-25/h4-12,18,22H,3,13-17H2,1-2H3,(H,24,26)/t22-/m1/s1. The summed E-state index contributed by atoms with van der Waals surface area (Å²) in [5.74, 6) is 0.854. The Morgan fingerprint density at radius 1 is 1.08 bits per heavy atom. The van der Waals surface area contributed by atoms with Gasteiger partial charge < -0.3 is 5.32 Å². The summed E-state index contributed by atoms with van der Waals surface area (Å²) in [6.07, 6.45) is 3.46. The fourth-order valence-electron chi connectivity index (χ4n) is 3.59. The molecule has 1 heterocycles. The van der Waals surface area contributed by atoms with Crippen molar-refractivity contribution >= 4 is 5.91 Å². The van der Waals surface area contributed by atoms with Crippen LogP contribution in [0.1, 0.15) is 60.6 Å². The second-order valence-corrected chi connectivity index (χ2v) is 7.50. The molecule has 138 valence electrons. The normalized spacial score (nSPS) is 17.0. The van der Waals surface area contributed by atoms with E-state index in [2.05, 4.69) is 48.3 Å². The van der Waals surface area contributed by atoms with Crippen molar-refractivity contribution in [1.82, 2.24) is 10.2 Å². The smallest absolute Gasteiger partial charge is 0.251 e. The van der Waals surface area contributed by atoms with Crippen molar-refractivity contribution < 1.29 is 4.79 Å². The minimum absolute atomic E-state index is 0.000879. The van der Waals surface area contributed by atoms with E-state index in [1.165, 1.54) is 31.5 Å². The van der Waals surface area contributed by atoms with Crippen LogP contribution < -0.4 is 5.32 Å². The third-order valence-electron chi connectivity index (χ3n) is 5.41. The fourth-order valence-corrected chi connectivity index (χ4v) is 3.59. The highest BCUT2D eigenvalue weighted by Crippen LogP contribution is 2.19. The lowest BCUT2D eigenvalue weighted by Gasteiger charge is -2.30. The molecule has 2 aromatic rings. The van der Waals surface area contributed by atoms with E-state index < -0.39 is 0 Å². The van der Waals surface area contributed by atoms with Gasteiger partial charge in [-0.25, -0.2) is 0 Å². The number of hydrogen-bond acceptors (Lipinski definition) is 2. The monoisotopic (exact) mass is 350 g/mol. The van der Waals surface area contributed by atoms with Crippen LogP contribution in [0.15, 0.2) is 54.6 Å². The zero-order valence-electron chi connectivity index (χ0n) is 15.9. The highest BCUT2D eigenvalue weighted by atomic mass is 16.1. The molecule has 0 unspecified atom stereocenters. The average Bonchev–Trinajstić information content (AvgIpc) is 2.69. The van der Waals surface area contributed by atoms with Crippen LogP contribution in [-0.4, -0.2) is 23.9 Å². The molecular formula is C23H30N2O. The molecule has 3 rings (SSSR count). The average molecular weight is 351 g/mol. The maximum atomic E-state index is 12.6. The number of nitrogens with zero attached hydrogens (tertiary/aromatic N) is 1. The first-order valence-electron chi connectivity index (χ1n) is 9.82. The molecule has 0 bridgehead atoms. The van der Waals surface area contributed by atoms with Crippen LogP contribution in [0.5, 0.6) is 0 Å². The second-order valence-electron chi connectivity index (χ2n) is 7.50. The SMILES string of the molecule is CC[C@@H](NC(=O)c1ccc(CN2CCC(C)CC2)cc1)c1ccccc1. The molecule has 1 aliphatic rings. The van der Waals surface area contributed by atoms with Crippen LogP contribution in [0.3, 0.4) is 0 Å². The van der Waals surface area contributed by atoms with E-state index in [0.29, 0.717) is 0 Å². The molecule has 1 saturated heterocycles. The molecule has 0 aliphatic carbocycles. The number of amides is 1. The molecule has 26 heavy (non-hydrogen) atoms. The van der Waals surface area contributed by atoms with Crippen LogP contribution in [0.25, 0.3) is 0 Å². The van der Waals surface area contributed by atoms with Crippen molar-refractivity contribution in [1.29, 1.82) is 0 Å². The Morgan fingerprint density at radius 3 is 2.35 bits per heavy atom. The van der Waals surface area contributed by atoms with E-state index in [9.17, 15) is 4.79 Å². The predicted octanol–water partition coefficient (Wildman–Crippen LogP) is 4.80. The van der Waals surface area contributed by atoms with Crippen molar-refractivity contribution in [3.8, 4) is 0 Å². The first kappa shape index (κ1) is 18.7. The van der Waals surface area contributed by atoms with Crippen LogP contribution in [-0.2, 0) is 6.54 Å². The molecule has 0 spiro atoms. The quantitative estimate of drug-likeness (QED) is 0.811. The first-order valence-corrected chi connectivity index (χ1v) is 9.82. The van der Waals surface area contributed by atoms with E-state index in [-0.39, 0.29) is 11.9 Å². The Labute approximate surface area is 157 Å². The minimum Gasteiger partial charge on any atom is -0.345 e. The number of carbonyl (C=O) groups excluding carboxylic acids is 1. The molecule has 0 radical (unpaired) electrons. The van der Waals surface area contributed by atoms with Gasteiger partial charge in [-0.1, -0.05) is 56.3 Å². The van der Waals surface area contributed by atoms with Crippen LogP contribution in [0.4, 0.5) is 0 Å². The number of benzene rings is 2. The van der Waals surface area contributed by atoms with Gasteiger partial charge in [0.15, 0.2) is 0 Å². The Balaban J connectivity index is 1.58. The summed E-state index contributed by atoms with van der Waals surface area (Å²) < 4.78 is 0. The van der Waals surface area contributed by atoms with E-state index >= 15 is 0 Å². The highest BCUT2D eigenvalue weighted by Gasteiger charge is 2.16. The molecule has 1 aliphatic heterocycles. The van der Waals surface area contributed by atoms with Gasteiger partial charge in [-0.15, -0.1) is 0 Å². The second kappa shape index (κ2) is 9.00. The first-order chi connectivity index (χ1) is 12.7. The van der Waals surface area contributed by atoms with Crippen molar-refractivity contribution in [3.05, 3.63) is 71.3 Å². The number of likely N-dealkylation sites (tertiary alicyclic amines) is 1. The summed E-state index contributed by atoms with van der Waals surface area (Å²) >= 11 is 0. The van der Waals surface area contributed by atoms with Gasteiger partial charge in [0.2, 0.25) is 0 Å². The lowest BCUT2D eigenvalue weighted by molar-refractivity contribution is 0.0935. The number of piperidine rings is 1. The molecule has 1 amide bonds. The third kappa shape index (κ3) is 4.95. The molecule has 0 saturated carbocycles. The summed E-state index contributed by atoms with van der Waals surface area (Å²) in [5, 5.41) is 3.16. The summed E-state index contributed by atoms with van der Waals surface area (Å²) in [5.41, 5.74) is 3.17. The van der Waals surface area contributed by atoms with Gasteiger partial charge in [0, 0.05) is 12.1 Å². The van der Waals surface area contributed by atoms with Crippen molar-refractivity contribution in [2.75, 3.05) is 13.1 Å². The van der Waals surface area contributed by atoms with Crippen LogP contribution >= 0.6 is 0 Å². The third-order valence-corrected chi connectivity index (χ3v) is 5.41. The summed E-state index contributed by atoms with van der Waals surface area (Å²) in [6.45, 7) is 7.78. The number of hydrogen-bond donors (Lipinski definition) is 1. The molecule has 1 atom stereocenters. The maximum Gasteiger partial charge on any atom is 0.251 e. The maximum absolute atomic E-state index is 12.6. The molecule has 1 fully saturated rings. The summed E-state index contributed by atoms with van der Waals surface area (Å²) in [7, 11) is 0. The summed E-state index contributed by atoms with van der Waals surface area (Å²) in [4.78, 5) is 15.1. The Hall–Kier alpha value is -2.13. The van der Waals surface area contributed by atoms with E-state index in [0.717, 1.165) is 30.0 Å². The summed E-state index contributed by atoms with van der Waals surface area (Å²) in [6, 6.07) is 18.3. The van der Waals surface area contributed by atoms with Crippen LogP contribution in [0, 0.1) is 5.92 Å². The molecule has 3 heteroatoms. The van der Waals surface area contributed by atoms with Gasteiger partial charge in [-0.2, -0.15) is 0 Å². The number of nitrogens with one attached hydrogen (secondary N) is 1. The predicted molar refractivity (Wildman–Crippen MR) is 107 cm³/mol. The molecular weight excluding hydrogens is 320 g/mol. The van der Waals surface area contributed by atoms with Gasteiger partial charge in [0.05, 0.1) is 6.04 Å². The minimum atomic E-state index is -0.000879. The van der Waals surface area contributed by atoms with Gasteiger partial charge in [-0.05, 0) is 61.5 Å². The largest absolute Gasteiger partial charge is 0.345 e. The lowest BCUT2D eigenvalue weighted by atomic mass is 9.98. The lowest BCUT2D eigenvalue weighted by Crippen LogP contribution is -2.32. The Morgan fingerprint density at radius 2 is 1.73 bits per heavy atom. The van der Waals surface area contributed by atoms with Gasteiger partial charge in [-0.3, -0.25) is 9.69 Å². The Bertz CT molecular complexity index is 688. The highest BCUT2D eigenvalue weighted by molar-refractivity contribution is 5.94. The topological polar surface area (TPSA) is 32.3 Å². The number of rotatable bonds is 6. The van der Waals surface area contributed by atoms with Gasteiger partial charge >= 0.3 is 0 Å². The fraction of sp³-hybridized carbons (Fsp3) is 0.435. The van der Waals surface area contributed by atoms with E-state index in [4.69, 9.17) is 0 Å². The zero-order valence-corrected chi connectivity index (χ0v) is 15.9. The molecule has 2 aromatic carbocycles. The van der Waals surface area contributed by atoms with Crippen molar-refractivity contribution in [3.63, 3.8) is 0 Å².